The molecule has 2 aromatic carbocycles. The van der Waals surface area contributed by atoms with Crippen molar-refractivity contribution < 1.29 is 22.6 Å². The van der Waals surface area contributed by atoms with Crippen molar-refractivity contribution in [1.29, 1.82) is 0 Å². The van der Waals surface area contributed by atoms with Gasteiger partial charge in [0.05, 0.1) is 26.2 Å². The van der Waals surface area contributed by atoms with Crippen molar-refractivity contribution in [3.63, 3.8) is 0 Å². The number of methoxy groups -OCH3 is 3. The zero-order valence-electron chi connectivity index (χ0n) is 15.1. The normalized spacial score (nSPS) is 11.4. The Morgan fingerprint density at radius 1 is 0.960 bits per heavy atom. The quantitative estimate of drug-likeness (QED) is 0.755. The van der Waals surface area contributed by atoms with E-state index in [1.807, 2.05) is 6.07 Å². The summed E-state index contributed by atoms with van der Waals surface area (Å²) in [5.74, 6) is 1.44. The Hall–Kier alpha value is -2.25. The largest absolute Gasteiger partial charge is 0.493 e. The number of hydrogen-bond donors (Lipinski definition) is 0. The van der Waals surface area contributed by atoms with E-state index in [4.69, 9.17) is 14.2 Å². The van der Waals surface area contributed by atoms with E-state index in [1.165, 1.54) is 25.6 Å². The molecule has 0 bridgehead atoms. The van der Waals surface area contributed by atoms with Gasteiger partial charge in [0.1, 0.15) is 0 Å². The summed E-state index contributed by atoms with van der Waals surface area (Å²) >= 11 is 0. The van der Waals surface area contributed by atoms with Crippen LogP contribution in [0.1, 0.15) is 11.1 Å². The molecule has 0 radical (unpaired) electrons. The van der Waals surface area contributed by atoms with Gasteiger partial charge in [-0.25, -0.2) is 8.42 Å². The number of aryl methyl sites for hydroxylation is 1. The average Bonchev–Trinajstić information content (AvgIpc) is 2.60. The fourth-order valence-electron chi connectivity index (χ4n) is 2.58. The van der Waals surface area contributed by atoms with E-state index < -0.39 is 10.0 Å². The molecule has 0 aliphatic heterocycles. The summed E-state index contributed by atoms with van der Waals surface area (Å²) in [7, 11) is 2.51. The molecule has 6 nitrogen and oxygen atoms in total. The van der Waals surface area contributed by atoms with Gasteiger partial charge in [-0.1, -0.05) is 18.2 Å². The van der Waals surface area contributed by atoms with Crippen LogP contribution >= 0.6 is 0 Å². The number of hydrogen-bond acceptors (Lipinski definition) is 5. The first kappa shape index (κ1) is 19.1. The van der Waals surface area contributed by atoms with E-state index in [0.717, 1.165) is 5.56 Å². The van der Waals surface area contributed by atoms with E-state index in [2.05, 4.69) is 0 Å². The summed E-state index contributed by atoms with van der Waals surface area (Å²) in [4.78, 5) is 0.296. The summed E-state index contributed by atoms with van der Waals surface area (Å²) in [6.07, 6.45) is 0. The second-order valence-corrected chi connectivity index (χ2v) is 7.57. The van der Waals surface area contributed by atoms with Crippen LogP contribution in [-0.4, -0.2) is 41.1 Å². The van der Waals surface area contributed by atoms with Crippen molar-refractivity contribution >= 4 is 10.0 Å². The molecule has 0 aromatic heterocycles. The number of nitrogens with zero attached hydrogens (tertiary/aromatic N) is 1. The Kier molecular flexibility index (Phi) is 5.92. The maximum absolute atomic E-state index is 12.8. The van der Waals surface area contributed by atoms with Gasteiger partial charge in [0.2, 0.25) is 15.8 Å². The molecule has 0 aliphatic rings. The Morgan fingerprint density at radius 3 is 2.00 bits per heavy atom. The lowest BCUT2D eigenvalue weighted by Crippen LogP contribution is -2.27. The first-order valence-electron chi connectivity index (χ1n) is 7.66. The number of benzene rings is 2. The van der Waals surface area contributed by atoms with Crippen LogP contribution < -0.4 is 14.2 Å². The van der Waals surface area contributed by atoms with Crippen molar-refractivity contribution in [1.82, 2.24) is 4.31 Å². The second kappa shape index (κ2) is 7.76. The van der Waals surface area contributed by atoms with Gasteiger partial charge in [0.25, 0.3) is 0 Å². The molecule has 0 atom stereocenters. The van der Waals surface area contributed by atoms with Crippen LogP contribution in [-0.2, 0) is 16.6 Å². The third kappa shape index (κ3) is 3.88. The molecule has 0 fully saturated rings. The van der Waals surface area contributed by atoms with Crippen LogP contribution in [0.2, 0.25) is 0 Å². The van der Waals surface area contributed by atoms with Gasteiger partial charge in [-0.15, -0.1) is 0 Å². The molecule has 25 heavy (non-hydrogen) atoms. The van der Waals surface area contributed by atoms with Crippen LogP contribution in [0.25, 0.3) is 0 Å². The maximum atomic E-state index is 12.8. The highest BCUT2D eigenvalue weighted by atomic mass is 32.2. The van der Waals surface area contributed by atoms with Crippen molar-refractivity contribution in [2.75, 3.05) is 28.4 Å². The predicted octanol–water partition coefficient (Wildman–Crippen LogP) is 2.84. The van der Waals surface area contributed by atoms with Crippen molar-refractivity contribution in [2.45, 2.75) is 18.4 Å². The van der Waals surface area contributed by atoms with Crippen LogP contribution in [0.4, 0.5) is 0 Å². The smallest absolute Gasteiger partial charge is 0.243 e. The second-order valence-electron chi connectivity index (χ2n) is 5.56. The molecule has 0 aliphatic carbocycles. The fourth-order valence-corrected chi connectivity index (χ4v) is 3.96. The van der Waals surface area contributed by atoms with E-state index in [0.29, 0.717) is 27.7 Å². The first-order chi connectivity index (χ1) is 11.8. The first-order valence-corrected chi connectivity index (χ1v) is 9.10. The summed E-state index contributed by atoms with van der Waals surface area (Å²) in [5.41, 5.74) is 1.44. The Bertz CT molecular complexity index is 823. The molecule has 7 heteroatoms. The number of rotatable bonds is 7. The lowest BCUT2D eigenvalue weighted by atomic mass is 10.2. The van der Waals surface area contributed by atoms with Gasteiger partial charge in [0, 0.05) is 13.6 Å². The highest BCUT2D eigenvalue weighted by Crippen LogP contribution is 2.38. The topological polar surface area (TPSA) is 65.1 Å². The lowest BCUT2D eigenvalue weighted by molar-refractivity contribution is 0.323. The maximum Gasteiger partial charge on any atom is 0.243 e. The van der Waals surface area contributed by atoms with Gasteiger partial charge >= 0.3 is 0 Å². The minimum atomic E-state index is -3.60. The molecule has 2 aromatic rings. The third-order valence-corrected chi connectivity index (χ3v) is 5.88. The summed E-state index contributed by atoms with van der Waals surface area (Å²) in [5, 5.41) is 0. The molecule has 0 heterocycles. The Morgan fingerprint density at radius 2 is 1.52 bits per heavy atom. The highest BCUT2D eigenvalue weighted by molar-refractivity contribution is 7.89. The SMILES string of the molecule is COc1cc(CN(C)S(=O)(=O)c2ccccc2C)cc(OC)c1OC. The van der Waals surface area contributed by atoms with Gasteiger partial charge in [-0.05, 0) is 36.2 Å². The van der Waals surface area contributed by atoms with Gasteiger partial charge in [-0.3, -0.25) is 0 Å². The van der Waals surface area contributed by atoms with Crippen LogP contribution in [0.15, 0.2) is 41.3 Å². The molecular weight excluding hydrogens is 342 g/mol. The molecule has 136 valence electrons. The van der Waals surface area contributed by atoms with Gasteiger partial charge < -0.3 is 14.2 Å². The molecule has 0 saturated carbocycles. The van der Waals surface area contributed by atoms with Crippen LogP contribution in [0.5, 0.6) is 17.2 Å². The Labute approximate surface area is 149 Å². The highest BCUT2D eigenvalue weighted by Gasteiger charge is 2.23. The molecule has 0 spiro atoms. The monoisotopic (exact) mass is 365 g/mol. The third-order valence-electron chi connectivity index (χ3n) is 3.91. The molecular formula is C18H23NO5S. The predicted molar refractivity (Wildman–Crippen MR) is 95.9 cm³/mol. The van der Waals surface area contributed by atoms with Crippen LogP contribution in [0, 0.1) is 6.92 Å². The van der Waals surface area contributed by atoms with E-state index in [-0.39, 0.29) is 6.54 Å². The van der Waals surface area contributed by atoms with Crippen molar-refractivity contribution in [3.8, 4) is 17.2 Å². The standard InChI is InChI=1S/C18H23NO5S/c1-13-8-6-7-9-17(13)25(20,21)19(2)12-14-10-15(22-3)18(24-5)16(11-14)23-4/h6-11H,12H2,1-5H3. The molecule has 0 unspecified atom stereocenters. The van der Waals surface area contributed by atoms with E-state index in [1.54, 1.807) is 44.3 Å². The Balaban J connectivity index is 2.37. The minimum absolute atomic E-state index is 0.174. The molecule has 0 N–H and O–H groups in total. The van der Waals surface area contributed by atoms with E-state index >= 15 is 0 Å². The van der Waals surface area contributed by atoms with E-state index in [9.17, 15) is 8.42 Å². The number of ether oxygens (including phenoxy) is 3. The molecule has 0 saturated heterocycles. The minimum Gasteiger partial charge on any atom is -0.493 e. The van der Waals surface area contributed by atoms with Crippen LogP contribution in [0.3, 0.4) is 0 Å². The lowest BCUT2D eigenvalue weighted by Gasteiger charge is -2.20. The average molecular weight is 365 g/mol. The van der Waals surface area contributed by atoms with Gasteiger partial charge in [-0.2, -0.15) is 4.31 Å². The zero-order valence-corrected chi connectivity index (χ0v) is 15.9. The number of sulfonamides is 1. The zero-order chi connectivity index (χ0) is 18.6. The molecule has 2 rings (SSSR count). The van der Waals surface area contributed by atoms with Gasteiger partial charge in [0.15, 0.2) is 11.5 Å². The summed E-state index contributed by atoms with van der Waals surface area (Å²) in [6, 6.07) is 10.4. The molecule has 0 amide bonds. The van der Waals surface area contributed by atoms with Crippen molar-refractivity contribution in [3.05, 3.63) is 47.5 Å². The van der Waals surface area contributed by atoms with Crippen molar-refractivity contribution in [2.24, 2.45) is 0 Å². The summed E-state index contributed by atoms with van der Waals surface area (Å²) < 4.78 is 42.9. The fraction of sp³-hybridized carbons (Fsp3) is 0.333. The summed E-state index contributed by atoms with van der Waals surface area (Å²) in [6.45, 7) is 1.95.